The maximum atomic E-state index is 14.2. The first-order chi connectivity index (χ1) is 11.8. The summed E-state index contributed by atoms with van der Waals surface area (Å²) in [6.07, 6.45) is 5.33. The smallest absolute Gasteiger partial charge is 0.165 e. The molecule has 0 atom stereocenters. The van der Waals surface area contributed by atoms with E-state index in [-0.39, 0.29) is 24.3 Å². The quantitative estimate of drug-likeness (QED) is 0.645. The van der Waals surface area contributed by atoms with Crippen molar-refractivity contribution in [2.24, 2.45) is 0 Å². The molecule has 6 heteroatoms. The third kappa shape index (κ3) is 4.29. The fourth-order valence-electron chi connectivity index (χ4n) is 3.18. The van der Waals surface area contributed by atoms with Gasteiger partial charge in [0, 0.05) is 37.4 Å². The van der Waals surface area contributed by atoms with Crippen LogP contribution in [0.15, 0.2) is 47.4 Å². The predicted octanol–water partition coefficient (Wildman–Crippen LogP) is 4.90. The maximum Gasteiger partial charge on any atom is 0.165 e. The second-order valence-corrected chi connectivity index (χ2v) is 7.01. The molecule has 1 aliphatic rings. The number of piperidine rings is 1. The third-order valence-electron chi connectivity index (χ3n) is 4.51. The van der Waals surface area contributed by atoms with Crippen LogP contribution in [0.5, 0.6) is 5.75 Å². The highest BCUT2D eigenvalue weighted by Crippen LogP contribution is 2.27. The Balaban J connectivity index is 0.00000182. The second-order valence-electron chi connectivity index (χ2n) is 6.23. The Morgan fingerprint density at radius 1 is 1.20 bits per heavy atom. The van der Waals surface area contributed by atoms with Gasteiger partial charge in [-0.2, -0.15) is 11.3 Å². The molecule has 3 aromatic rings. The molecule has 0 aliphatic carbocycles. The van der Waals surface area contributed by atoms with Gasteiger partial charge in [0.25, 0.3) is 0 Å². The van der Waals surface area contributed by atoms with E-state index in [1.54, 1.807) is 29.8 Å². The summed E-state index contributed by atoms with van der Waals surface area (Å²) in [5.74, 6) is 0.0428. The molecule has 0 N–H and O–H groups in total. The summed E-state index contributed by atoms with van der Waals surface area (Å²) in [5, 5.41) is 6.06. The third-order valence-corrected chi connectivity index (χ3v) is 5.24. The standard InChI is InChI=1S/C19H19FN2OS.ClH/c20-18-9-16-11-21-5-1-15(16)10-19(18)23-17-2-6-22(7-3-17)12-14-4-8-24-13-14;/h1,4-5,8-11,13,17H,2-3,6-7,12H2;1H. The number of likely N-dealkylation sites (tertiary alicyclic amines) is 1. The van der Waals surface area contributed by atoms with Crippen LogP contribution in [0, 0.1) is 5.82 Å². The number of halogens is 2. The van der Waals surface area contributed by atoms with Crippen molar-refractivity contribution in [1.82, 2.24) is 9.88 Å². The number of hydrogen-bond acceptors (Lipinski definition) is 4. The number of aromatic nitrogens is 1. The molecule has 0 unspecified atom stereocenters. The predicted molar refractivity (Wildman–Crippen MR) is 102 cm³/mol. The molecule has 1 aliphatic heterocycles. The summed E-state index contributed by atoms with van der Waals surface area (Å²) >= 11 is 1.74. The van der Waals surface area contributed by atoms with E-state index >= 15 is 0 Å². The lowest BCUT2D eigenvalue weighted by Gasteiger charge is -2.32. The molecule has 1 saturated heterocycles. The van der Waals surface area contributed by atoms with Gasteiger partial charge < -0.3 is 4.74 Å². The van der Waals surface area contributed by atoms with Crippen molar-refractivity contribution < 1.29 is 9.13 Å². The van der Waals surface area contributed by atoms with Crippen molar-refractivity contribution in [2.75, 3.05) is 13.1 Å². The average molecular weight is 379 g/mol. The average Bonchev–Trinajstić information content (AvgIpc) is 3.10. The van der Waals surface area contributed by atoms with Gasteiger partial charge in [-0.1, -0.05) is 0 Å². The molecule has 3 heterocycles. The van der Waals surface area contributed by atoms with Gasteiger partial charge in [-0.05, 0) is 58.8 Å². The molecule has 0 radical (unpaired) electrons. The highest BCUT2D eigenvalue weighted by atomic mass is 35.5. The second kappa shape index (κ2) is 8.13. The van der Waals surface area contributed by atoms with Crippen molar-refractivity contribution in [3.05, 3.63) is 58.8 Å². The Kier molecular flexibility index (Phi) is 5.89. The molecule has 0 spiro atoms. The molecule has 0 saturated carbocycles. The molecule has 25 heavy (non-hydrogen) atoms. The Morgan fingerprint density at radius 2 is 2.04 bits per heavy atom. The van der Waals surface area contributed by atoms with E-state index in [0.29, 0.717) is 5.75 Å². The Morgan fingerprint density at radius 3 is 2.80 bits per heavy atom. The van der Waals surface area contributed by atoms with Gasteiger partial charge in [-0.25, -0.2) is 4.39 Å². The van der Waals surface area contributed by atoms with Gasteiger partial charge in [0.15, 0.2) is 11.6 Å². The van der Waals surface area contributed by atoms with Crippen LogP contribution in [-0.2, 0) is 6.54 Å². The fourth-order valence-corrected chi connectivity index (χ4v) is 3.84. The molecule has 1 fully saturated rings. The highest BCUT2D eigenvalue weighted by Gasteiger charge is 2.22. The minimum absolute atomic E-state index is 0. The van der Waals surface area contributed by atoms with Crippen LogP contribution in [0.1, 0.15) is 18.4 Å². The van der Waals surface area contributed by atoms with Crippen LogP contribution in [0.25, 0.3) is 10.8 Å². The van der Waals surface area contributed by atoms with Crippen molar-refractivity contribution in [3.8, 4) is 5.75 Å². The summed E-state index contributed by atoms with van der Waals surface area (Å²) in [6, 6.07) is 7.34. The molecule has 0 amide bonds. The molecule has 132 valence electrons. The molecule has 1 aromatic carbocycles. The van der Waals surface area contributed by atoms with Gasteiger partial charge in [0.2, 0.25) is 0 Å². The monoisotopic (exact) mass is 378 g/mol. The number of ether oxygens (including phenoxy) is 1. The number of pyridine rings is 1. The van der Waals surface area contributed by atoms with E-state index < -0.39 is 0 Å². The number of rotatable bonds is 4. The number of fused-ring (bicyclic) bond motifs is 1. The number of benzene rings is 1. The SMILES string of the molecule is Cl.Fc1cc2cnccc2cc1OC1CCN(Cc2ccsc2)CC1. The number of thiophene rings is 1. The first kappa shape index (κ1) is 18.1. The molecule has 3 nitrogen and oxygen atoms in total. The van der Waals surface area contributed by atoms with Gasteiger partial charge in [0.05, 0.1) is 0 Å². The number of nitrogens with zero attached hydrogens (tertiary/aromatic N) is 2. The van der Waals surface area contributed by atoms with Crippen molar-refractivity contribution in [1.29, 1.82) is 0 Å². The lowest BCUT2D eigenvalue weighted by molar-refractivity contribution is 0.0937. The van der Waals surface area contributed by atoms with Crippen LogP contribution in [0.2, 0.25) is 0 Å². The summed E-state index contributed by atoms with van der Waals surface area (Å²) in [6.45, 7) is 2.97. The van der Waals surface area contributed by atoms with Crippen LogP contribution in [0.3, 0.4) is 0 Å². The maximum absolute atomic E-state index is 14.2. The van der Waals surface area contributed by atoms with E-state index in [9.17, 15) is 4.39 Å². The zero-order valence-electron chi connectivity index (χ0n) is 13.7. The molecule has 2 aromatic heterocycles. The van der Waals surface area contributed by atoms with Crippen molar-refractivity contribution in [2.45, 2.75) is 25.5 Å². The fraction of sp³-hybridized carbons (Fsp3) is 0.316. The summed E-state index contributed by atoms with van der Waals surface area (Å²) in [5.41, 5.74) is 1.37. The van der Waals surface area contributed by atoms with Crippen LogP contribution < -0.4 is 4.74 Å². The summed E-state index contributed by atoms with van der Waals surface area (Å²) in [7, 11) is 0. The zero-order valence-corrected chi connectivity index (χ0v) is 15.4. The van der Waals surface area contributed by atoms with Crippen LogP contribution in [-0.4, -0.2) is 29.1 Å². The summed E-state index contributed by atoms with van der Waals surface area (Å²) < 4.78 is 20.2. The largest absolute Gasteiger partial charge is 0.487 e. The first-order valence-corrected chi connectivity index (χ1v) is 9.15. The van der Waals surface area contributed by atoms with E-state index in [1.165, 1.54) is 11.6 Å². The molecular weight excluding hydrogens is 359 g/mol. The van der Waals surface area contributed by atoms with Gasteiger partial charge in [-0.15, -0.1) is 12.4 Å². The first-order valence-electron chi connectivity index (χ1n) is 8.21. The molecule has 0 bridgehead atoms. The number of hydrogen-bond donors (Lipinski definition) is 0. The molecule has 4 rings (SSSR count). The lowest BCUT2D eigenvalue weighted by atomic mass is 10.1. The van der Waals surface area contributed by atoms with E-state index in [2.05, 4.69) is 26.7 Å². The normalized spacial score (nSPS) is 15.9. The minimum atomic E-state index is -0.309. The minimum Gasteiger partial charge on any atom is -0.487 e. The zero-order chi connectivity index (χ0) is 16.4. The van der Waals surface area contributed by atoms with E-state index in [4.69, 9.17) is 4.74 Å². The van der Waals surface area contributed by atoms with Gasteiger partial charge >= 0.3 is 0 Å². The van der Waals surface area contributed by atoms with Crippen molar-refractivity contribution >= 4 is 34.5 Å². The van der Waals surface area contributed by atoms with Gasteiger partial charge in [-0.3, -0.25) is 9.88 Å². The van der Waals surface area contributed by atoms with Crippen LogP contribution >= 0.6 is 23.7 Å². The Bertz CT molecular complexity index is 819. The Labute approximate surface area is 156 Å². The van der Waals surface area contributed by atoms with Crippen molar-refractivity contribution in [3.63, 3.8) is 0 Å². The van der Waals surface area contributed by atoms with E-state index in [0.717, 1.165) is 43.2 Å². The van der Waals surface area contributed by atoms with E-state index in [1.807, 2.05) is 6.07 Å². The molecular formula is C19H20ClFN2OS. The highest BCUT2D eigenvalue weighted by molar-refractivity contribution is 7.07. The topological polar surface area (TPSA) is 25.4 Å². The lowest BCUT2D eigenvalue weighted by Crippen LogP contribution is -2.37. The summed E-state index contributed by atoms with van der Waals surface area (Å²) in [4.78, 5) is 6.46. The van der Waals surface area contributed by atoms with Crippen LogP contribution in [0.4, 0.5) is 4.39 Å². The Hall–Kier alpha value is -1.69. The van der Waals surface area contributed by atoms with Gasteiger partial charge in [0.1, 0.15) is 6.10 Å².